The van der Waals surface area contributed by atoms with Gasteiger partial charge in [-0.3, -0.25) is 4.55 Å². The van der Waals surface area contributed by atoms with E-state index in [-0.39, 0.29) is 72.9 Å². The molecule has 10 N–H and O–H groups in total. The van der Waals surface area contributed by atoms with Crippen LogP contribution in [0.4, 0.5) is 0 Å². The first-order valence-corrected chi connectivity index (χ1v) is 32.2. The van der Waals surface area contributed by atoms with Crippen molar-refractivity contribution in [3.63, 3.8) is 0 Å². The number of phenolic OH excluding ortho intramolecular Hbond substituents is 1. The minimum atomic E-state index is -4.70. The molecule has 0 aromatic heterocycles. The number of hydrogen-bond acceptors (Lipinski definition) is 10. The fraction of sp³-hybridized carbons (Fsp3) is 0.493. The number of aliphatic hydroxyl groups excluding tert-OH is 1. The lowest BCUT2D eigenvalue weighted by Gasteiger charge is -2.46. The van der Waals surface area contributed by atoms with Crippen LogP contribution in [0.3, 0.4) is 0 Å². The van der Waals surface area contributed by atoms with Crippen molar-refractivity contribution < 1.29 is 37.8 Å². The molecule has 14 rings (SSSR count). The standard InChI is InChI=1S/C69H83N5O8S/c1-3-72-40-63-61-35-47(17-16-45(61)26-28-73-63)50-13-8-27-68(77,38-50)54(29-43-9-5-4-6-10-43)39-69(74-67(70)71)53-20-18-46(19-21-53)65-51-31-52(66-59-24-22-55(76)32-48(59)12-7-11-44(41-75)30-57(34-51)81-66)36-62(65)64(83(78,79)80)37-60-42(2)14-15-49-33-56(82-69)23-25-58(49)60/h4-6,9-10,16-25,32-33,35-36,42,44,50-51,54,57,60,62-66,72-73,75-77H,3,8,11,13-15,26-31,34,37-41H2,1-2H3,(H4,70,71,74)(H,78,79,80)/t42-,44+,50+,51-,54-,57-,60+,62-,63+,64-,65+,66-,68-,69-/m1/s1. The maximum Gasteiger partial charge on any atom is 0.268 e. The van der Waals surface area contributed by atoms with Gasteiger partial charge in [-0.1, -0.05) is 117 Å². The Hall–Kier alpha value is -6.02. The van der Waals surface area contributed by atoms with Gasteiger partial charge in [0.05, 0.1) is 17.0 Å². The molecule has 438 valence electrons. The third kappa shape index (κ3) is 11.9. The molecule has 0 unspecified atom stereocenters. The lowest BCUT2D eigenvalue weighted by Crippen LogP contribution is -2.48. The fourth-order valence-corrected chi connectivity index (χ4v) is 17.3. The fourth-order valence-electron chi connectivity index (χ4n) is 16.2. The number of aromatic hydroxyl groups is 1. The van der Waals surface area contributed by atoms with Crippen LogP contribution < -0.4 is 26.8 Å². The number of rotatable bonds is 12. The number of nitrogens with two attached hydrogens (primary N) is 2. The summed E-state index contributed by atoms with van der Waals surface area (Å²) in [6.07, 6.45) is 9.70. The molecule has 3 aliphatic carbocycles. The van der Waals surface area contributed by atoms with Crippen LogP contribution in [0.15, 0.2) is 126 Å². The Kier molecular flexibility index (Phi) is 16.5. The van der Waals surface area contributed by atoms with Gasteiger partial charge in [0.2, 0.25) is 5.72 Å². The zero-order chi connectivity index (χ0) is 57.6. The van der Waals surface area contributed by atoms with Crippen molar-refractivity contribution in [3.8, 4) is 23.3 Å². The summed E-state index contributed by atoms with van der Waals surface area (Å²) in [5, 5.41) is 41.3. The molecule has 0 radical (unpaired) electrons. The highest BCUT2D eigenvalue weighted by Crippen LogP contribution is 2.56. The number of likely N-dealkylation sites (N-methyl/N-ethyl adjacent to an activating group) is 1. The topological polar surface area (TPSA) is 222 Å². The molecule has 0 amide bonds. The van der Waals surface area contributed by atoms with Crippen LogP contribution in [0.5, 0.6) is 11.5 Å². The van der Waals surface area contributed by atoms with E-state index >= 15 is 0 Å². The molecule has 6 heterocycles. The van der Waals surface area contributed by atoms with E-state index in [9.17, 15) is 28.3 Å². The Labute approximate surface area is 490 Å². The van der Waals surface area contributed by atoms with Gasteiger partial charge < -0.3 is 46.9 Å². The minimum Gasteiger partial charge on any atom is -0.508 e. The second kappa shape index (κ2) is 23.8. The van der Waals surface area contributed by atoms with E-state index in [4.69, 9.17) is 25.9 Å². The molecular formula is C69H83N5O8S. The second-order valence-electron chi connectivity index (χ2n) is 25.6. The molecule has 14 heteroatoms. The lowest BCUT2D eigenvalue weighted by molar-refractivity contribution is -0.0834. The average Bonchev–Trinajstić information content (AvgIpc) is 2.84. The number of benzene rings is 5. The minimum absolute atomic E-state index is 0.0751. The number of phenols is 1. The van der Waals surface area contributed by atoms with Gasteiger partial charge in [-0.25, -0.2) is 4.99 Å². The Balaban J connectivity index is 1.00. The largest absolute Gasteiger partial charge is 0.508 e. The van der Waals surface area contributed by atoms with Gasteiger partial charge in [-0.15, -0.1) is 0 Å². The summed E-state index contributed by atoms with van der Waals surface area (Å²) < 4.78 is 55.5. The Morgan fingerprint density at radius 3 is 2.51 bits per heavy atom. The van der Waals surface area contributed by atoms with E-state index in [0.29, 0.717) is 61.8 Å². The van der Waals surface area contributed by atoms with Crippen LogP contribution in [0, 0.1) is 41.4 Å². The maximum absolute atomic E-state index is 14.5. The number of allylic oxidation sites excluding steroid dienone is 1. The number of ether oxygens (including phenoxy) is 2. The van der Waals surface area contributed by atoms with Crippen LogP contribution >= 0.6 is 0 Å². The molecule has 0 spiro atoms. The van der Waals surface area contributed by atoms with E-state index in [0.717, 1.165) is 85.1 Å². The van der Waals surface area contributed by atoms with E-state index in [1.807, 2.05) is 42.5 Å². The maximum atomic E-state index is 14.5. The summed E-state index contributed by atoms with van der Waals surface area (Å²) in [7, 11) is -4.70. The zero-order valence-corrected chi connectivity index (χ0v) is 48.9. The van der Waals surface area contributed by atoms with Crippen LogP contribution in [0.25, 0.3) is 0 Å². The molecule has 13 nitrogen and oxygen atoms in total. The monoisotopic (exact) mass is 1140 g/mol. The van der Waals surface area contributed by atoms with Crippen LogP contribution in [-0.2, 0) is 39.8 Å². The number of fused-ring (bicyclic) bond motifs is 9. The van der Waals surface area contributed by atoms with Crippen molar-refractivity contribution in [2.24, 2.45) is 46.0 Å². The van der Waals surface area contributed by atoms with E-state index in [2.05, 4.69) is 97.0 Å². The third-order valence-electron chi connectivity index (χ3n) is 20.3. The Morgan fingerprint density at radius 2 is 1.72 bits per heavy atom. The van der Waals surface area contributed by atoms with E-state index in [1.165, 1.54) is 16.7 Å². The van der Waals surface area contributed by atoms with Gasteiger partial charge in [0.1, 0.15) is 17.6 Å². The normalized spacial score (nSPS) is 31.3. The second-order valence-corrected chi connectivity index (χ2v) is 27.2. The smallest absolute Gasteiger partial charge is 0.268 e. The third-order valence-corrected chi connectivity index (χ3v) is 21.6. The SMILES string of the molecule is CCNC[C@@H]1NCCc2ccc([C@H]3CCC[C@](O)([C@H](Cc4ccccc4)C[C@@]4(N=C(N)N)Oc5ccc6c(c5)CC[C@@H](C)[C@@H]6C[C@@H](S(=O)(=O)O)[C@H]5C=C6C[C@H](C[C@H]7C[C@@H](CO)CC#Cc8cc(O)ccc8[C@@H]6O7)[C@@H]5c5ccc4cc5)C3)cc21. The summed E-state index contributed by atoms with van der Waals surface area (Å²) in [6.45, 7) is 6.94. The van der Waals surface area contributed by atoms with Crippen LogP contribution in [0.1, 0.15) is 170 Å². The summed E-state index contributed by atoms with van der Waals surface area (Å²) in [6, 6.07) is 37.0. The highest BCUT2D eigenvalue weighted by Gasteiger charge is 2.51. The molecule has 6 aliphatic heterocycles. The summed E-state index contributed by atoms with van der Waals surface area (Å²) in [5.74, 6) is 5.22. The molecule has 5 aromatic rings. The highest BCUT2D eigenvalue weighted by atomic mass is 32.2. The van der Waals surface area contributed by atoms with Crippen molar-refractivity contribution in [1.29, 1.82) is 0 Å². The number of guanidine groups is 1. The molecule has 83 heavy (non-hydrogen) atoms. The number of aryl methyl sites for hydroxylation is 1. The number of aliphatic hydroxyl groups is 2. The average molecular weight is 1140 g/mol. The molecular weight excluding hydrogens is 1060 g/mol. The summed E-state index contributed by atoms with van der Waals surface area (Å²) in [4.78, 5) is 5.20. The number of nitrogens with zero attached hydrogens (tertiary/aromatic N) is 1. The van der Waals surface area contributed by atoms with Crippen molar-refractivity contribution in [2.45, 2.75) is 156 Å². The van der Waals surface area contributed by atoms with E-state index < -0.39 is 50.6 Å². The summed E-state index contributed by atoms with van der Waals surface area (Å²) in [5.41, 5.74) is 21.6. The van der Waals surface area contributed by atoms with Crippen molar-refractivity contribution in [1.82, 2.24) is 10.6 Å². The predicted molar refractivity (Wildman–Crippen MR) is 324 cm³/mol. The van der Waals surface area contributed by atoms with Gasteiger partial charge in [0.25, 0.3) is 10.1 Å². The first kappa shape index (κ1) is 57.4. The van der Waals surface area contributed by atoms with Gasteiger partial charge in [0.15, 0.2) is 5.96 Å². The van der Waals surface area contributed by atoms with Gasteiger partial charge in [-0.2, -0.15) is 8.42 Å². The first-order chi connectivity index (χ1) is 40.1. The Bertz CT molecular complexity index is 3410. The first-order valence-electron chi connectivity index (χ1n) is 30.7. The van der Waals surface area contributed by atoms with Crippen molar-refractivity contribution >= 4 is 16.1 Å². The van der Waals surface area contributed by atoms with Crippen LogP contribution in [-0.4, -0.2) is 77.4 Å². The Morgan fingerprint density at radius 1 is 0.916 bits per heavy atom. The zero-order valence-electron chi connectivity index (χ0n) is 48.1. The quantitative estimate of drug-likeness (QED) is 0.0192. The predicted octanol–water partition coefficient (Wildman–Crippen LogP) is 10.3. The van der Waals surface area contributed by atoms with E-state index in [1.54, 1.807) is 12.1 Å². The van der Waals surface area contributed by atoms with Gasteiger partial charge in [-0.05, 0) is 200 Å². The molecule has 1 saturated heterocycles. The molecule has 9 aliphatic rings. The van der Waals surface area contributed by atoms with Crippen LogP contribution in [0.2, 0.25) is 0 Å². The van der Waals surface area contributed by atoms with Crippen molar-refractivity contribution in [3.05, 3.63) is 176 Å². The van der Waals surface area contributed by atoms with Crippen molar-refractivity contribution in [2.75, 3.05) is 26.2 Å². The molecule has 5 aromatic carbocycles. The molecule has 2 fully saturated rings. The molecule has 10 bridgehead atoms. The highest BCUT2D eigenvalue weighted by molar-refractivity contribution is 7.86. The lowest BCUT2D eigenvalue weighted by atomic mass is 9.64. The number of nitrogens with one attached hydrogen (secondary N) is 2. The number of hydrogen-bond donors (Lipinski definition) is 8. The molecule has 14 atom stereocenters. The summed E-state index contributed by atoms with van der Waals surface area (Å²) >= 11 is 0. The molecule has 1 saturated carbocycles. The number of aliphatic imine (C=N–C) groups is 1. The van der Waals surface area contributed by atoms with Gasteiger partial charge in [0, 0.05) is 54.6 Å². The van der Waals surface area contributed by atoms with Gasteiger partial charge >= 0.3 is 0 Å².